The van der Waals surface area contributed by atoms with E-state index in [4.69, 9.17) is 0 Å². The number of aryl methyl sites for hydroxylation is 1. The van der Waals surface area contributed by atoms with Gasteiger partial charge in [0.1, 0.15) is 24.2 Å². The van der Waals surface area contributed by atoms with Gasteiger partial charge in [0.2, 0.25) is 11.8 Å². The first-order valence-electron chi connectivity index (χ1n) is 11.7. The zero-order valence-corrected chi connectivity index (χ0v) is 21.6. The van der Waals surface area contributed by atoms with E-state index in [0.29, 0.717) is 6.54 Å². The SMILES string of the molecule is CCNC(=O)[C@H](C)N(Cc1ccccc1F)C(=O)CN(c1ccc(F)cc1)S(=O)(=O)c1ccc(C)cc1. The van der Waals surface area contributed by atoms with Gasteiger partial charge in [-0.25, -0.2) is 17.2 Å². The summed E-state index contributed by atoms with van der Waals surface area (Å²) in [4.78, 5) is 27.3. The predicted molar refractivity (Wildman–Crippen MR) is 137 cm³/mol. The first-order chi connectivity index (χ1) is 17.5. The smallest absolute Gasteiger partial charge is 0.264 e. The summed E-state index contributed by atoms with van der Waals surface area (Å²) in [5.41, 5.74) is 1.07. The summed E-state index contributed by atoms with van der Waals surface area (Å²) in [6.07, 6.45) is 0. The standard InChI is InChI=1S/C27H29F2N3O4S/c1-4-30-27(34)20(3)31(17-21-7-5-6-8-25(21)29)26(33)18-32(23-13-11-22(28)12-14-23)37(35,36)24-15-9-19(2)10-16-24/h5-16,20H,4,17-18H2,1-3H3,(H,30,34)/t20-/m0/s1. The minimum atomic E-state index is -4.26. The minimum absolute atomic E-state index is 0.0619. The molecule has 0 radical (unpaired) electrons. The molecule has 0 spiro atoms. The number of rotatable bonds is 10. The van der Waals surface area contributed by atoms with Gasteiger partial charge in [-0.1, -0.05) is 35.9 Å². The van der Waals surface area contributed by atoms with Crippen LogP contribution < -0.4 is 9.62 Å². The maximum absolute atomic E-state index is 14.5. The summed E-state index contributed by atoms with van der Waals surface area (Å²) < 4.78 is 56.2. The van der Waals surface area contributed by atoms with Gasteiger partial charge < -0.3 is 10.2 Å². The van der Waals surface area contributed by atoms with Gasteiger partial charge in [0.25, 0.3) is 10.0 Å². The number of nitrogens with one attached hydrogen (secondary N) is 1. The van der Waals surface area contributed by atoms with E-state index < -0.39 is 46.1 Å². The van der Waals surface area contributed by atoms with Crippen LogP contribution in [0.4, 0.5) is 14.5 Å². The van der Waals surface area contributed by atoms with Crippen molar-refractivity contribution in [3.63, 3.8) is 0 Å². The fourth-order valence-electron chi connectivity index (χ4n) is 3.69. The number of sulfonamides is 1. The van der Waals surface area contributed by atoms with Gasteiger partial charge in [-0.3, -0.25) is 13.9 Å². The summed E-state index contributed by atoms with van der Waals surface area (Å²) in [5, 5.41) is 2.63. The maximum atomic E-state index is 14.5. The number of hydrogen-bond donors (Lipinski definition) is 1. The number of carbonyl (C=O) groups excluding carboxylic acids is 2. The number of carbonyl (C=O) groups is 2. The van der Waals surface area contributed by atoms with Crippen LogP contribution in [-0.4, -0.2) is 44.3 Å². The number of nitrogens with zero attached hydrogens (tertiary/aromatic N) is 2. The zero-order chi connectivity index (χ0) is 27.2. The van der Waals surface area contributed by atoms with Crippen molar-refractivity contribution in [3.8, 4) is 0 Å². The number of amides is 2. The first kappa shape index (κ1) is 27.8. The first-order valence-corrected chi connectivity index (χ1v) is 13.1. The lowest BCUT2D eigenvalue weighted by Crippen LogP contribution is -2.51. The van der Waals surface area contributed by atoms with Crippen molar-refractivity contribution in [2.75, 3.05) is 17.4 Å². The van der Waals surface area contributed by atoms with Gasteiger partial charge in [0.15, 0.2) is 0 Å². The Labute approximate surface area is 215 Å². The van der Waals surface area contributed by atoms with Gasteiger partial charge in [0.05, 0.1) is 10.6 Å². The van der Waals surface area contributed by atoms with E-state index in [-0.39, 0.29) is 22.7 Å². The maximum Gasteiger partial charge on any atom is 0.264 e. The molecule has 2 amide bonds. The third-order valence-electron chi connectivity index (χ3n) is 5.82. The molecule has 1 N–H and O–H groups in total. The Morgan fingerprint density at radius 1 is 0.946 bits per heavy atom. The van der Waals surface area contributed by atoms with Crippen LogP contribution in [0.2, 0.25) is 0 Å². The van der Waals surface area contributed by atoms with Crippen LogP contribution >= 0.6 is 0 Å². The molecule has 37 heavy (non-hydrogen) atoms. The third kappa shape index (κ3) is 6.71. The highest BCUT2D eigenvalue weighted by atomic mass is 32.2. The molecule has 196 valence electrons. The van der Waals surface area contributed by atoms with Crippen LogP contribution in [-0.2, 0) is 26.2 Å². The topological polar surface area (TPSA) is 86.8 Å². The van der Waals surface area contributed by atoms with E-state index in [1.807, 2.05) is 0 Å². The van der Waals surface area contributed by atoms with Crippen LogP contribution in [0, 0.1) is 18.6 Å². The Hall–Kier alpha value is -3.79. The fourth-order valence-corrected chi connectivity index (χ4v) is 5.10. The molecule has 0 unspecified atom stereocenters. The molecule has 0 aliphatic heterocycles. The summed E-state index contributed by atoms with van der Waals surface area (Å²) >= 11 is 0. The van der Waals surface area contributed by atoms with Crippen LogP contribution in [0.3, 0.4) is 0 Å². The average Bonchev–Trinajstić information content (AvgIpc) is 2.87. The molecule has 7 nitrogen and oxygen atoms in total. The summed E-state index contributed by atoms with van der Waals surface area (Å²) in [7, 11) is -4.26. The van der Waals surface area contributed by atoms with Gasteiger partial charge in [-0.05, 0) is 63.2 Å². The van der Waals surface area contributed by atoms with E-state index in [0.717, 1.165) is 26.9 Å². The average molecular weight is 530 g/mol. The van der Waals surface area contributed by atoms with Crippen molar-refractivity contribution in [1.82, 2.24) is 10.2 Å². The number of hydrogen-bond acceptors (Lipinski definition) is 4. The van der Waals surface area contributed by atoms with Crippen LogP contribution in [0.5, 0.6) is 0 Å². The van der Waals surface area contributed by atoms with E-state index in [1.54, 1.807) is 32.0 Å². The quantitative estimate of drug-likeness (QED) is 0.430. The molecule has 0 aliphatic rings. The molecule has 0 saturated carbocycles. The van der Waals surface area contributed by atoms with Crippen molar-refractivity contribution < 1.29 is 26.8 Å². The molecule has 0 bridgehead atoms. The van der Waals surface area contributed by atoms with Gasteiger partial charge in [-0.2, -0.15) is 0 Å². The second-order valence-electron chi connectivity index (χ2n) is 8.48. The second-order valence-corrected chi connectivity index (χ2v) is 10.3. The Bertz CT molecular complexity index is 1350. The largest absolute Gasteiger partial charge is 0.355 e. The Morgan fingerprint density at radius 2 is 1.57 bits per heavy atom. The van der Waals surface area contributed by atoms with Gasteiger partial charge in [-0.15, -0.1) is 0 Å². The molecule has 0 saturated heterocycles. The zero-order valence-electron chi connectivity index (χ0n) is 20.8. The lowest BCUT2D eigenvalue weighted by atomic mass is 10.1. The molecular weight excluding hydrogens is 500 g/mol. The third-order valence-corrected chi connectivity index (χ3v) is 7.61. The molecule has 0 aromatic heterocycles. The van der Waals surface area contributed by atoms with Crippen LogP contribution in [0.1, 0.15) is 25.0 Å². The molecule has 0 fully saturated rings. The molecule has 1 atom stereocenters. The molecule has 0 aliphatic carbocycles. The molecule has 10 heteroatoms. The van der Waals surface area contributed by atoms with Crippen molar-refractivity contribution >= 4 is 27.5 Å². The van der Waals surface area contributed by atoms with E-state index in [1.165, 1.54) is 49.4 Å². The lowest BCUT2D eigenvalue weighted by molar-refractivity contribution is -0.139. The van der Waals surface area contributed by atoms with Crippen molar-refractivity contribution in [3.05, 3.63) is 95.6 Å². The molecule has 3 aromatic rings. The Balaban J connectivity index is 2.03. The van der Waals surface area contributed by atoms with Crippen LogP contribution in [0.15, 0.2) is 77.7 Å². The number of halogens is 2. The van der Waals surface area contributed by atoms with E-state index in [2.05, 4.69) is 5.32 Å². The summed E-state index contributed by atoms with van der Waals surface area (Å²) in [6, 6.07) is 15.6. The monoisotopic (exact) mass is 529 g/mol. The lowest BCUT2D eigenvalue weighted by Gasteiger charge is -2.32. The highest BCUT2D eigenvalue weighted by Crippen LogP contribution is 2.25. The second kappa shape index (κ2) is 12.0. The van der Waals surface area contributed by atoms with Gasteiger partial charge >= 0.3 is 0 Å². The Kier molecular flexibility index (Phi) is 8.99. The van der Waals surface area contributed by atoms with Crippen molar-refractivity contribution in [1.29, 1.82) is 0 Å². The summed E-state index contributed by atoms with van der Waals surface area (Å²) in [6.45, 7) is 4.37. The van der Waals surface area contributed by atoms with Crippen molar-refractivity contribution in [2.24, 2.45) is 0 Å². The highest BCUT2D eigenvalue weighted by Gasteiger charge is 2.32. The molecule has 3 aromatic carbocycles. The molecular formula is C27H29F2N3O4S. The molecule has 0 heterocycles. The van der Waals surface area contributed by atoms with Gasteiger partial charge in [0, 0.05) is 18.7 Å². The predicted octanol–water partition coefficient (Wildman–Crippen LogP) is 4.02. The number of anilines is 1. The van der Waals surface area contributed by atoms with Crippen molar-refractivity contribution in [2.45, 2.75) is 38.3 Å². The number of benzene rings is 3. The normalized spacial score (nSPS) is 12.0. The van der Waals surface area contributed by atoms with E-state index in [9.17, 15) is 26.8 Å². The highest BCUT2D eigenvalue weighted by molar-refractivity contribution is 7.92. The minimum Gasteiger partial charge on any atom is -0.355 e. The van der Waals surface area contributed by atoms with Crippen LogP contribution in [0.25, 0.3) is 0 Å². The van der Waals surface area contributed by atoms with E-state index >= 15 is 0 Å². The molecule has 3 rings (SSSR count). The fraction of sp³-hybridized carbons (Fsp3) is 0.259. The number of likely N-dealkylation sites (N-methyl/N-ethyl adjacent to an activating group) is 1. The Morgan fingerprint density at radius 3 is 2.16 bits per heavy atom. The summed E-state index contributed by atoms with van der Waals surface area (Å²) in [5.74, 6) is -2.34.